The Kier molecular flexibility index (Phi) is 4.32. The molecule has 0 aliphatic heterocycles. The lowest BCUT2D eigenvalue weighted by Crippen LogP contribution is -2.40. The standard InChI is InChI=1S/C15H19N3O2/c1-15(2,20-3)14(19)13(18-11-16-10-17-18)9-12-7-5-4-6-8-12/h4-11,14,19H,1-3H3/b13-9-. The van der Waals surface area contributed by atoms with E-state index >= 15 is 0 Å². The van der Waals surface area contributed by atoms with Gasteiger partial charge >= 0.3 is 0 Å². The SMILES string of the molecule is COC(C)(C)C(O)/C(=C/c1ccccc1)n1cncn1. The molecule has 0 saturated carbocycles. The summed E-state index contributed by atoms with van der Waals surface area (Å²) in [5.41, 5.74) is 0.858. The first kappa shape index (κ1) is 14.4. The second kappa shape index (κ2) is 5.98. The fourth-order valence-corrected chi connectivity index (χ4v) is 1.80. The molecule has 2 aromatic rings. The fraction of sp³-hybridized carbons (Fsp3) is 0.333. The van der Waals surface area contributed by atoms with Gasteiger partial charge in [-0.3, -0.25) is 0 Å². The number of aliphatic hydroxyl groups is 1. The molecule has 0 aliphatic rings. The minimum Gasteiger partial charge on any atom is -0.384 e. The van der Waals surface area contributed by atoms with Gasteiger partial charge in [-0.25, -0.2) is 9.67 Å². The summed E-state index contributed by atoms with van der Waals surface area (Å²) < 4.78 is 6.92. The summed E-state index contributed by atoms with van der Waals surface area (Å²) in [6.07, 6.45) is 4.03. The molecule has 1 N–H and O–H groups in total. The normalized spacial score (nSPS) is 14.3. The Labute approximate surface area is 118 Å². The zero-order valence-electron chi connectivity index (χ0n) is 11.9. The average molecular weight is 273 g/mol. The number of aliphatic hydroxyl groups excluding tert-OH is 1. The van der Waals surface area contributed by atoms with E-state index < -0.39 is 11.7 Å². The molecule has 0 amide bonds. The first-order valence-electron chi connectivity index (χ1n) is 6.39. The van der Waals surface area contributed by atoms with Gasteiger partial charge in [-0.2, -0.15) is 5.10 Å². The van der Waals surface area contributed by atoms with Crippen LogP contribution in [0.1, 0.15) is 19.4 Å². The van der Waals surface area contributed by atoms with Crippen molar-refractivity contribution in [2.75, 3.05) is 7.11 Å². The number of hydrogen-bond acceptors (Lipinski definition) is 4. The quantitative estimate of drug-likeness (QED) is 0.906. The highest BCUT2D eigenvalue weighted by Gasteiger charge is 2.31. The number of aromatic nitrogens is 3. The predicted octanol–water partition coefficient (Wildman–Crippen LogP) is 2.06. The second-order valence-electron chi connectivity index (χ2n) is 5.03. The number of benzene rings is 1. The van der Waals surface area contributed by atoms with Crippen LogP contribution in [-0.4, -0.2) is 38.7 Å². The summed E-state index contributed by atoms with van der Waals surface area (Å²) in [5.74, 6) is 0. The number of rotatable bonds is 5. The predicted molar refractivity (Wildman–Crippen MR) is 77.7 cm³/mol. The lowest BCUT2D eigenvalue weighted by atomic mass is 9.97. The third kappa shape index (κ3) is 3.12. The van der Waals surface area contributed by atoms with Crippen LogP contribution in [0.5, 0.6) is 0 Å². The van der Waals surface area contributed by atoms with Gasteiger partial charge in [0.1, 0.15) is 18.8 Å². The van der Waals surface area contributed by atoms with E-state index in [1.807, 2.05) is 50.3 Å². The largest absolute Gasteiger partial charge is 0.384 e. The van der Waals surface area contributed by atoms with Crippen molar-refractivity contribution in [3.8, 4) is 0 Å². The summed E-state index contributed by atoms with van der Waals surface area (Å²) >= 11 is 0. The van der Waals surface area contributed by atoms with Gasteiger partial charge < -0.3 is 9.84 Å². The Bertz CT molecular complexity index is 562. The number of ether oxygens (including phenoxy) is 1. The maximum atomic E-state index is 10.6. The molecule has 0 radical (unpaired) electrons. The van der Waals surface area contributed by atoms with Gasteiger partial charge in [0.25, 0.3) is 0 Å². The van der Waals surface area contributed by atoms with E-state index in [0.717, 1.165) is 5.56 Å². The van der Waals surface area contributed by atoms with E-state index in [0.29, 0.717) is 5.70 Å². The van der Waals surface area contributed by atoms with E-state index in [9.17, 15) is 5.11 Å². The maximum absolute atomic E-state index is 10.6. The minimum atomic E-state index is -0.839. The van der Waals surface area contributed by atoms with Crippen molar-refractivity contribution in [3.05, 3.63) is 48.5 Å². The molecule has 1 aromatic carbocycles. The summed E-state index contributed by atoms with van der Waals surface area (Å²) in [5, 5.41) is 14.7. The first-order chi connectivity index (χ1) is 9.54. The van der Waals surface area contributed by atoms with Crippen molar-refractivity contribution in [3.63, 3.8) is 0 Å². The molecule has 0 fully saturated rings. The van der Waals surface area contributed by atoms with Gasteiger partial charge in [-0.05, 0) is 25.5 Å². The zero-order valence-corrected chi connectivity index (χ0v) is 11.9. The Balaban J connectivity index is 2.44. The molecule has 1 heterocycles. The summed E-state index contributed by atoms with van der Waals surface area (Å²) in [6.45, 7) is 3.65. The third-order valence-corrected chi connectivity index (χ3v) is 3.26. The summed E-state index contributed by atoms with van der Waals surface area (Å²) in [4.78, 5) is 3.93. The van der Waals surface area contributed by atoms with Crippen LogP contribution < -0.4 is 0 Å². The molecular weight excluding hydrogens is 254 g/mol. The Morgan fingerprint density at radius 2 is 2.05 bits per heavy atom. The number of nitrogens with zero attached hydrogens (tertiary/aromatic N) is 3. The van der Waals surface area contributed by atoms with Crippen LogP contribution >= 0.6 is 0 Å². The zero-order chi connectivity index (χ0) is 14.6. The molecule has 1 aromatic heterocycles. The molecule has 2 rings (SSSR count). The molecule has 0 spiro atoms. The molecule has 5 heteroatoms. The monoisotopic (exact) mass is 273 g/mol. The molecular formula is C15H19N3O2. The Hall–Kier alpha value is -1.98. The number of hydrogen-bond donors (Lipinski definition) is 1. The van der Waals surface area contributed by atoms with Crippen molar-refractivity contribution in [1.82, 2.24) is 14.8 Å². The summed E-state index contributed by atoms with van der Waals surface area (Å²) in [6, 6.07) is 9.76. The van der Waals surface area contributed by atoms with Crippen molar-refractivity contribution in [2.45, 2.75) is 25.6 Å². The van der Waals surface area contributed by atoms with E-state index in [1.165, 1.54) is 6.33 Å². The minimum absolute atomic E-state index is 0.612. The lowest BCUT2D eigenvalue weighted by molar-refractivity contribution is -0.0539. The van der Waals surface area contributed by atoms with Crippen molar-refractivity contribution in [1.29, 1.82) is 0 Å². The van der Waals surface area contributed by atoms with Crippen LogP contribution in [0.4, 0.5) is 0 Å². The molecule has 1 unspecified atom stereocenters. The Morgan fingerprint density at radius 3 is 2.60 bits per heavy atom. The van der Waals surface area contributed by atoms with Gasteiger partial charge in [0, 0.05) is 7.11 Å². The smallest absolute Gasteiger partial charge is 0.138 e. The van der Waals surface area contributed by atoms with Crippen LogP contribution in [0, 0.1) is 0 Å². The van der Waals surface area contributed by atoms with Gasteiger partial charge in [0.15, 0.2) is 0 Å². The Morgan fingerprint density at radius 1 is 1.35 bits per heavy atom. The van der Waals surface area contributed by atoms with Crippen molar-refractivity contribution in [2.24, 2.45) is 0 Å². The lowest BCUT2D eigenvalue weighted by Gasteiger charge is -2.30. The first-order valence-corrected chi connectivity index (χ1v) is 6.39. The van der Waals surface area contributed by atoms with Crippen molar-refractivity contribution < 1.29 is 9.84 Å². The molecule has 5 nitrogen and oxygen atoms in total. The van der Waals surface area contributed by atoms with Gasteiger partial charge in [0.05, 0.1) is 11.3 Å². The topological polar surface area (TPSA) is 60.2 Å². The number of methoxy groups -OCH3 is 1. The highest BCUT2D eigenvalue weighted by molar-refractivity contribution is 5.73. The highest BCUT2D eigenvalue weighted by Crippen LogP contribution is 2.24. The van der Waals surface area contributed by atoms with E-state index in [1.54, 1.807) is 18.1 Å². The summed E-state index contributed by atoms with van der Waals surface area (Å²) in [7, 11) is 1.57. The third-order valence-electron chi connectivity index (χ3n) is 3.26. The fourth-order valence-electron chi connectivity index (χ4n) is 1.80. The average Bonchev–Trinajstić information content (AvgIpc) is 2.99. The van der Waals surface area contributed by atoms with Crippen LogP contribution in [0.3, 0.4) is 0 Å². The molecule has 1 atom stereocenters. The van der Waals surface area contributed by atoms with Crippen LogP contribution in [0.2, 0.25) is 0 Å². The second-order valence-corrected chi connectivity index (χ2v) is 5.03. The van der Waals surface area contributed by atoms with Crippen LogP contribution in [-0.2, 0) is 4.74 Å². The van der Waals surface area contributed by atoms with E-state index in [-0.39, 0.29) is 0 Å². The van der Waals surface area contributed by atoms with Gasteiger partial charge in [0.2, 0.25) is 0 Å². The van der Waals surface area contributed by atoms with Gasteiger partial charge in [-0.15, -0.1) is 0 Å². The highest BCUT2D eigenvalue weighted by atomic mass is 16.5. The van der Waals surface area contributed by atoms with Crippen LogP contribution in [0.25, 0.3) is 11.8 Å². The molecule has 0 saturated heterocycles. The van der Waals surface area contributed by atoms with Crippen LogP contribution in [0.15, 0.2) is 43.0 Å². The van der Waals surface area contributed by atoms with E-state index in [4.69, 9.17) is 4.74 Å². The molecule has 106 valence electrons. The molecule has 0 bridgehead atoms. The van der Waals surface area contributed by atoms with Crippen molar-refractivity contribution >= 4 is 11.8 Å². The molecule has 0 aliphatic carbocycles. The van der Waals surface area contributed by atoms with E-state index in [2.05, 4.69) is 10.1 Å². The van der Waals surface area contributed by atoms with Gasteiger partial charge in [-0.1, -0.05) is 30.3 Å². The molecule has 20 heavy (non-hydrogen) atoms. The maximum Gasteiger partial charge on any atom is 0.138 e.